The summed E-state index contributed by atoms with van der Waals surface area (Å²) in [6.45, 7) is 6.26. The Morgan fingerprint density at radius 1 is 0.640 bits per heavy atom. The van der Waals surface area contributed by atoms with Crippen molar-refractivity contribution in [3.8, 4) is 33.5 Å². The van der Waals surface area contributed by atoms with E-state index in [1.165, 1.54) is 0 Å². The predicted molar refractivity (Wildman–Crippen MR) is 205 cm³/mol. The second-order valence-electron chi connectivity index (χ2n) is 12.6. The first-order chi connectivity index (χ1) is 24.7. The van der Waals surface area contributed by atoms with E-state index in [0.717, 1.165) is 99.2 Å². The van der Waals surface area contributed by atoms with E-state index in [4.69, 9.17) is 18.8 Å². The summed E-state index contributed by atoms with van der Waals surface area (Å²) in [4.78, 5) is 10.5. The summed E-state index contributed by atoms with van der Waals surface area (Å²) in [5, 5.41) is 5.19. The highest BCUT2D eigenvalue weighted by atomic mass is 16.3. The lowest BCUT2D eigenvalue weighted by molar-refractivity contribution is 0.578. The third-order valence-corrected chi connectivity index (χ3v) is 9.66. The monoisotopic (exact) mass is 643 g/mol. The van der Waals surface area contributed by atoms with Crippen LogP contribution in [0.5, 0.6) is 0 Å². The SMILES string of the molecule is C=c1oc2c(-c3cc(-c4cccc5c4oc4ccccc45)cc(-c4nc5ccccc5c5nc6ccccn6c45)c3)cccc2/c1=C/C=C\C. The highest BCUT2D eigenvalue weighted by Gasteiger charge is 2.20. The molecule has 0 N–H and O–H groups in total. The molecule has 0 aliphatic heterocycles. The normalized spacial score (nSPS) is 12.6. The molecule has 0 aliphatic rings. The van der Waals surface area contributed by atoms with Gasteiger partial charge in [0.25, 0.3) is 0 Å². The lowest BCUT2D eigenvalue weighted by Gasteiger charge is -2.13. The Labute approximate surface area is 286 Å². The smallest absolute Gasteiger partial charge is 0.143 e. The molecule has 5 nitrogen and oxygen atoms in total. The molecule has 0 bridgehead atoms. The summed E-state index contributed by atoms with van der Waals surface area (Å²) in [7, 11) is 0. The van der Waals surface area contributed by atoms with E-state index >= 15 is 0 Å². The number of furan rings is 2. The molecule has 5 heteroatoms. The van der Waals surface area contributed by atoms with Crippen LogP contribution in [0.1, 0.15) is 6.92 Å². The molecule has 0 aliphatic carbocycles. The predicted octanol–water partition coefficient (Wildman–Crippen LogP) is 10.4. The van der Waals surface area contributed by atoms with Gasteiger partial charge < -0.3 is 8.83 Å². The summed E-state index contributed by atoms with van der Waals surface area (Å²) in [5.41, 5.74) is 12.6. The van der Waals surface area contributed by atoms with Gasteiger partial charge >= 0.3 is 0 Å². The lowest BCUT2D eigenvalue weighted by atomic mass is 9.93. The van der Waals surface area contributed by atoms with Crippen LogP contribution in [-0.2, 0) is 0 Å². The number of hydrogen-bond acceptors (Lipinski definition) is 4. The molecule has 0 fully saturated rings. The third-order valence-electron chi connectivity index (χ3n) is 9.66. The number of fused-ring (bicyclic) bond motifs is 9. The van der Waals surface area contributed by atoms with Crippen molar-refractivity contribution in [1.82, 2.24) is 14.4 Å². The zero-order valence-electron chi connectivity index (χ0n) is 27.2. The lowest BCUT2D eigenvalue weighted by Crippen LogP contribution is -2.17. The Balaban J connectivity index is 1.33. The fraction of sp³-hybridized carbons (Fsp3) is 0.0222. The second kappa shape index (κ2) is 10.9. The van der Waals surface area contributed by atoms with Gasteiger partial charge in [0.2, 0.25) is 0 Å². The van der Waals surface area contributed by atoms with Crippen LogP contribution in [0.3, 0.4) is 0 Å². The number of benzene rings is 5. The van der Waals surface area contributed by atoms with Crippen molar-refractivity contribution in [1.29, 1.82) is 0 Å². The van der Waals surface area contributed by atoms with Crippen molar-refractivity contribution >= 4 is 73.1 Å². The van der Waals surface area contributed by atoms with Crippen LogP contribution >= 0.6 is 0 Å². The number of rotatable bonds is 4. The van der Waals surface area contributed by atoms with Crippen LogP contribution in [-0.4, -0.2) is 14.4 Å². The number of hydrogen-bond donors (Lipinski definition) is 0. The molecule has 5 aromatic heterocycles. The van der Waals surface area contributed by atoms with Gasteiger partial charge in [0.15, 0.2) is 0 Å². The first-order valence-electron chi connectivity index (χ1n) is 16.7. The molecule has 5 heterocycles. The molecule has 0 spiro atoms. The minimum Gasteiger partial charge on any atom is -0.456 e. The molecule has 236 valence electrons. The van der Waals surface area contributed by atoms with E-state index < -0.39 is 0 Å². The molecule has 0 amide bonds. The first-order valence-corrected chi connectivity index (χ1v) is 16.7. The minimum atomic E-state index is 0.637. The van der Waals surface area contributed by atoms with E-state index in [1.807, 2.05) is 61.5 Å². The molecule has 10 aromatic rings. The molecule has 0 unspecified atom stereocenters. The maximum atomic E-state index is 6.56. The van der Waals surface area contributed by atoms with Crippen LogP contribution in [0.15, 0.2) is 149 Å². The van der Waals surface area contributed by atoms with Crippen LogP contribution in [0.4, 0.5) is 0 Å². The standard InChI is InChI=1S/C45H29N3O2/c1-3-4-13-31-27(2)49-44-32(16-11-18-35(31)44)28-24-29(33-17-12-19-36-34-14-6-8-21-39(34)50-45(33)36)26-30(25-28)41-43-42(37-15-5-7-20-38(37)46-41)47-40-22-9-10-23-48(40)43/h3-26H,2H2,1H3/b4-3-,31-13+. The van der Waals surface area contributed by atoms with Gasteiger partial charge in [0, 0.05) is 49.7 Å². The summed E-state index contributed by atoms with van der Waals surface area (Å²) in [6.07, 6.45) is 8.15. The summed E-state index contributed by atoms with van der Waals surface area (Å²) < 4.78 is 15.1. The van der Waals surface area contributed by atoms with Gasteiger partial charge in [-0.25, -0.2) is 9.97 Å². The number of allylic oxidation sites excluding steroid dienone is 2. The Hall–Kier alpha value is -6.72. The average Bonchev–Trinajstić information content (AvgIpc) is 3.84. The van der Waals surface area contributed by atoms with Crippen LogP contribution in [0.25, 0.3) is 107 Å². The number of nitrogens with zero attached hydrogens (tertiary/aromatic N) is 3. The highest BCUT2D eigenvalue weighted by molar-refractivity contribution is 6.12. The zero-order valence-corrected chi connectivity index (χ0v) is 27.2. The highest BCUT2D eigenvalue weighted by Crippen LogP contribution is 2.41. The van der Waals surface area contributed by atoms with E-state index in [-0.39, 0.29) is 0 Å². The van der Waals surface area contributed by atoms with E-state index in [1.54, 1.807) is 0 Å². The van der Waals surface area contributed by atoms with Crippen LogP contribution in [0.2, 0.25) is 0 Å². The number of para-hydroxylation sites is 4. The van der Waals surface area contributed by atoms with Gasteiger partial charge in [-0.15, -0.1) is 0 Å². The largest absolute Gasteiger partial charge is 0.456 e. The van der Waals surface area contributed by atoms with Crippen molar-refractivity contribution in [2.45, 2.75) is 6.92 Å². The van der Waals surface area contributed by atoms with E-state index in [2.05, 4.69) is 102 Å². The zero-order chi connectivity index (χ0) is 33.3. The van der Waals surface area contributed by atoms with Gasteiger partial charge in [0.1, 0.15) is 33.3 Å². The topological polar surface area (TPSA) is 56.5 Å². The molecule has 5 aromatic carbocycles. The third kappa shape index (κ3) is 4.20. The van der Waals surface area contributed by atoms with Gasteiger partial charge in [0.05, 0.1) is 16.7 Å². The van der Waals surface area contributed by atoms with Crippen molar-refractivity contribution in [3.63, 3.8) is 0 Å². The second-order valence-corrected chi connectivity index (χ2v) is 12.6. The van der Waals surface area contributed by atoms with Crippen LogP contribution in [0, 0.1) is 0 Å². The van der Waals surface area contributed by atoms with Crippen molar-refractivity contribution in [3.05, 3.63) is 150 Å². The number of imidazole rings is 1. The van der Waals surface area contributed by atoms with Gasteiger partial charge in [-0.2, -0.15) is 0 Å². The summed E-state index contributed by atoms with van der Waals surface area (Å²) in [6, 6.07) is 41.9. The summed E-state index contributed by atoms with van der Waals surface area (Å²) in [5.74, 6) is 0. The van der Waals surface area contributed by atoms with E-state index in [0.29, 0.717) is 5.42 Å². The minimum absolute atomic E-state index is 0.637. The molecule has 10 rings (SSSR count). The van der Waals surface area contributed by atoms with E-state index in [9.17, 15) is 0 Å². The Bertz CT molecular complexity index is 3140. The quantitative estimate of drug-likeness (QED) is 0.192. The van der Waals surface area contributed by atoms with Gasteiger partial charge in [-0.05, 0) is 60.5 Å². The van der Waals surface area contributed by atoms with Crippen molar-refractivity contribution in [2.75, 3.05) is 0 Å². The van der Waals surface area contributed by atoms with Crippen LogP contribution < -0.4 is 10.6 Å². The molecular weight excluding hydrogens is 615 g/mol. The Morgan fingerprint density at radius 2 is 1.32 bits per heavy atom. The molecule has 0 radical (unpaired) electrons. The Kier molecular flexibility index (Phi) is 6.17. The molecule has 0 saturated heterocycles. The molecule has 0 atom stereocenters. The number of aromatic nitrogens is 3. The molecule has 50 heavy (non-hydrogen) atoms. The fourth-order valence-corrected chi connectivity index (χ4v) is 7.40. The molecular formula is C45H29N3O2. The Morgan fingerprint density at radius 3 is 2.14 bits per heavy atom. The van der Waals surface area contributed by atoms with Gasteiger partial charge in [-0.3, -0.25) is 4.40 Å². The maximum Gasteiger partial charge on any atom is 0.143 e. The van der Waals surface area contributed by atoms with Crippen molar-refractivity contribution < 1.29 is 8.83 Å². The molecule has 0 saturated carbocycles. The average molecular weight is 644 g/mol. The first kappa shape index (κ1) is 28.3. The summed E-state index contributed by atoms with van der Waals surface area (Å²) >= 11 is 0. The maximum absolute atomic E-state index is 6.56. The van der Waals surface area contributed by atoms with Crippen molar-refractivity contribution in [2.24, 2.45) is 0 Å². The number of pyridine rings is 2. The fourth-order valence-electron chi connectivity index (χ4n) is 7.40. The van der Waals surface area contributed by atoms with Gasteiger partial charge in [-0.1, -0.05) is 104 Å².